The van der Waals surface area contributed by atoms with Gasteiger partial charge in [-0.15, -0.1) is 34.2 Å². The number of likely N-dealkylation sites (tertiary alicyclic amines) is 1. The topological polar surface area (TPSA) is 99.5 Å². The van der Waals surface area contributed by atoms with E-state index in [-0.39, 0.29) is 29.9 Å². The van der Waals surface area contributed by atoms with Gasteiger partial charge < -0.3 is 20.5 Å². The Kier molecular flexibility index (Phi) is 11.6. The largest absolute Gasteiger partial charge is 0.355 e. The lowest BCUT2D eigenvalue weighted by atomic mass is 10.1. The summed E-state index contributed by atoms with van der Waals surface area (Å²) in [6, 6.07) is 10.5. The molecule has 1 aromatic heterocycles. The van der Waals surface area contributed by atoms with Crippen LogP contribution in [0.25, 0.3) is 0 Å². The monoisotopic (exact) mass is 568 g/mol. The number of hydrogen-bond acceptors (Lipinski definition) is 5. The smallest absolute Gasteiger partial charge is 0.234 e. The van der Waals surface area contributed by atoms with E-state index in [1.165, 1.54) is 0 Å². The first kappa shape index (κ1) is 27.0. The molecule has 0 atom stereocenters. The van der Waals surface area contributed by atoms with Crippen LogP contribution >= 0.6 is 24.0 Å². The minimum absolute atomic E-state index is 0. The maximum Gasteiger partial charge on any atom is 0.234 e. The minimum atomic E-state index is 0. The summed E-state index contributed by atoms with van der Waals surface area (Å²) in [6.07, 6.45) is 2.90. The number of benzene rings is 1. The van der Waals surface area contributed by atoms with Crippen LogP contribution in [0, 0.1) is 6.92 Å². The quantitative estimate of drug-likeness (QED) is 0.243. The van der Waals surface area contributed by atoms with Crippen molar-refractivity contribution in [2.75, 3.05) is 26.2 Å². The van der Waals surface area contributed by atoms with Crippen molar-refractivity contribution in [2.24, 2.45) is 12.0 Å². The molecule has 9 nitrogen and oxygen atoms in total. The molecule has 2 heterocycles. The molecule has 33 heavy (non-hydrogen) atoms. The molecule has 0 saturated carbocycles. The molecule has 1 saturated heterocycles. The van der Waals surface area contributed by atoms with E-state index in [1.807, 2.05) is 36.7 Å². The number of carbonyl (C=O) groups excluding carboxylic acids is 1. The molecule has 182 valence electrons. The fourth-order valence-corrected chi connectivity index (χ4v) is 3.63. The molecule has 1 amide bonds. The van der Waals surface area contributed by atoms with Crippen molar-refractivity contribution in [1.29, 1.82) is 0 Å². The van der Waals surface area contributed by atoms with Gasteiger partial charge in [0.05, 0.1) is 19.6 Å². The van der Waals surface area contributed by atoms with Crippen LogP contribution in [0.4, 0.5) is 0 Å². The second-order valence-corrected chi connectivity index (χ2v) is 8.27. The highest BCUT2D eigenvalue weighted by Gasteiger charge is 2.21. The Labute approximate surface area is 213 Å². The van der Waals surface area contributed by atoms with E-state index in [0.29, 0.717) is 25.7 Å². The Morgan fingerprint density at radius 3 is 2.52 bits per heavy atom. The van der Waals surface area contributed by atoms with Gasteiger partial charge in [0.2, 0.25) is 5.91 Å². The van der Waals surface area contributed by atoms with Crippen LogP contribution in [0.3, 0.4) is 0 Å². The second-order valence-electron chi connectivity index (χ2n) is 8.27. The zero-order valence-electron chi connectivity index (χ0n) is 19.9. The normalized spacial score (nSPS) is 15.1. The van der Waals surface area contributed by atoms with Gasteiger partial charge in [-0.1, -0.05) is 37.3 Å². The van der Waals surface area contributed by atoms with Crippen LogP contribution < -0.4 is 16.0 Å². The Morgan fingerprint density at radius 2 is 1.88 bits per heavy atom. The Morgan fingerprint density at radius 1 is 1.15 bits per heavy atom. The molecule has 1 aromatic carbocycles. The van der Waals surface area contributed by atoms with Crippen molar-refractivity contribution in [2.45, 2.75) is 52.2 Å². The summed E-state index contributed by atoms with van der Waals surface area (Å²) in [5, 5.41) is 18.3. The number of carbonyl (C=O) groups is 1. The van der Waals surface area contributed by atoms with Crippen LogP contribution in [-0.2, 0) is 24.9 Å². The minimum Gasteiger partial charge on any atom is -0.355 e. The van der Waals surface area contributed by atoms with Gasteiger partial charge in [0.25, 0.3) is 0 Å². The fourth-order valence-electron chi connectivity index (χ4n) is 3.63. The van der Waals surface area contributed by atoms with Gasteiger partial charge in [-0.05, 0) is 31.7 Å². The molecule has 3 N–H and O–H groups in total. The molecule has 0 bridgehead atoms. The van der Waals surface area contributed by atoms with Crippen LogP contribution in [0.15, 0.2) is 35.3 Å². The van der Waals surface area contributed by atoms with Gasteiger partial charge in [-0.2, -0.15) is 0 Å². The first-order chi connectivity index (χ1) is 15.5. The Bertz CT molecular complexity index is 878. The van der Waals surface area contributed by atoms with Gasteiger partial charge in [0.1, 0.15) is 5.82 Å². The first-order valence-electron chi connectivity index (χ1n) is 11.5. The molecule has 1 aliphatic rings. The fraction of sp³-hybridized carbons (Fsp3) is 0.565. The van der Waals surface area contributed by atoms with Crippen molar-refractivity contribution in [3.05, 3.63) is 47.5 Å². The van der Waals surface area contributed by atoms with Gasteiger partial charge in [0.15, 0.2) is 11.8 Å². The highest BCUT2D eigenvalue weighted by atomic mass is 127. The van der Waals surface area contributed by atoms with Crippen molar-refractivity contribution in [1.82, 2.24) is 35.6 Å². The second kappa shape index (κ2) is 14.1. The number of rotatable bonds is 9. The summed E-state index contributed by atoms with van der Waals surface area (Å²) in [5.74, 6) is 2.63. The van der Waals surface area contributed by atoms with Crippen molar-refractivity contribution in [3.8, 4) is 0 Å². The molecule has 0 radical (unpaired) electrons. The van der Waals surface area contributed by atoms with Crippen LogP contribution in [-0.4, -0.2) is 63.8 Å². The lowest BCUT2D eigenvalue weighted by molar-refractivity contribution is -0.122. The maximum atomic E-state index is 12.0. The zero-order valence-corrected chi connectivity index (χ0v) is 22.2. The average molecular weight is 569 g/mol. The Hall–Kier alpha value is -2.21. The van der Waals surface area contributed by atoms with Crippen LogP contribution in [0.1, 0.15) is 43.4 Å². The maximum absolute atomic E-state index is 12.0. The third-order valence-corrected chi connectivity index (χ3v) is 5.73. The zero-order chi connectivity index (χ0) is 22.8. The van der Waals surface area contributed by atoms with Crippen molar-refractivity contribution < 1.29 is 4.79 Å². The molecule has 1 fully saturated rings. The third-order valence-electron chi connectivity index (χ3n) is 5.73. The Balaban J connectivity index is 0.00000385. The number of guanidine groups is 1. The van der Waals surface area contributed by atoms with E-state index in [1.54, 1.807) is 0 Å². The lowest BCUT2D eigenvalue weighted by Gasteiger charge is -2.32. The van der Waals surface area contributed by atoms with Crippen molar-refractivity contribution in [3.63, 3.8) is 0 Å². The molecule has 2 aromatic rings. The van der Waals surface area contributed by atoms with E-state index in [0.717, 1.165) is 62.1 Å². The number of hydrogen-bond donors (Lipinski definition) is 3. The van der Waals surface area contributed by atoms with E-state index in [2.05, 4.69) is 50.1 Å². The standard InChI is InChI=1S/C23H36N8O.HI/c1-4-12-24-22(32)17-31-13-10-20(11-14-31)27-23(25-15-19-8-6-5-7-9-19)26-16-21-29-28-18(2)30(21)3;/h5-9,20H,4,10-17H2,1-3H3,(H,24,32)(H2,25,26,27);1H. The number of halogens is 1. The number of aromatic nitrogens is 3. The molecule has 0 aliphatic carbocycles. The first-order valence-corrected chi connectivity index (χ1v) is 11.5. The summed E-state index contributed by atoms with van der Waals surface area (Å²) in [4.78, 5) is 19.0. The molecule has 10 heteroatoms. The number of amides is 1. The average Bonchev–Trinajstić information content (AvgIpc) is 3.13. The highest BCUT2D eigenvalue weighted by molar-refractivity contribution is 14.0. The van der Waals surface area contributed by atoms with E-state index < -0.39 is 0 Å². The predicted octanol–water partition coefficient (Wildman–Crippen LogP) is 1.97. The van der Waals surface area contributed by atoms with Gasteiger partial charge >= 0.3 is 0 Å². The molecular formula is C23H37IN8O. The number of aliphatic imine (C=N–C) groups is 1. The number of nitrogens with zero attached hydrogens (tertiary/aromatic N) is 5. The summed E-state index contributed by atoms with van der Waals surface area (Å²) in [6.45, 7) is 8.17. The van der Waals surface area contributed by atoms with Gasteiger partial charge in [-0.3, -0.25) is 9.69 Å². The summed E-state index contributed by atoms with van der Waals surface area (Å²) < 4.78 is 1.98. The van der Waals surface area contributed by atoms with E-state index in [4.69, 9.17) is 4.99 Å². The third kappa shape index (κ3) is 8.92. The summed E-state index contributed by atoms with van der Waals surface area (Å²) in [7, 11) is 1.97. The predicted molar refractivity (Wildman–Crippen MR) is 141 cm³/mol. The SMILES string of the molecule is CCCNC(=O)CN1CCC(NC(=NCc2ccccc2)NCc2nnc(C)n2C)CC1.I. The molecule has 1 aliphatic heterocycles. The van der Waals surface area contributed by atoms with Gasteiger partial charge in [-0.25, -0.2) is 4.99 Å². The van der Waals surface area contributed by atoms with E-state index >= 15 is 0 Å². The highest BCUT2D eigenvalue weighted by Crippen LogP contribution is 2.10. The molecule has 0 spiro atoms. The number of aryl methyl sites for hydroxylation is 1. The van der Waals surface area contributed by atoms with Crippen molar-refractivity contribution >= 4 is 35.8 Å². The molecule has 3 rings (SSSR count). The summed E-state index contributed by atoms with van der Waals surface area (Å²) >= 11 is 0. The van der Waals surface area contributed by atoms with Gasteiger partial charge in [0, 0.05) is 32.7 Å². The summed E-state index contributed by atoms with van der Waals surface area (Å²) in [5.41, 5.74) is 1.16. The van der Waals surface area contributed by atoms with E-state index in [9.17, 15) is 4.79 Å². The number of piperidine rings is 1. The molecular weight excluding hydrogens is 531 g/mol. The lowest BCUT2D eigenvalue weighted by Crippen LogP contribution is -2.50. The van der Waals surface area contributed by atoms with Crippen LogP contribution in [0.2, 0.25) is 0 Å². The number of nitrogens with one attached hydrogen (secondary N) is 3. The molecule has 0 unspecified atom stereocenters. The van der Waals surface area contributed by atoms with Crippen LogP contribution in [0.5, 0.6) is 0 Å².